The highest BCUT2D eigenvalue weighted by molar-refractivity contribution is 5.27. The number of hydrogen-bond acceptors (Lipinski definition) is 2. The lowest BCUT2D eigenvalue weighted by atomic mass is 9.50. The molecule has 2 heteroatoms. The molecule has 1 heterocycles. The molecule has 1 fully saturated rings. The van der Waals surface area contributed by atoms with Crippen LogP contribution in [0.4, 0.5) is 0 Å². The van der Waals surface area contributed by atoms with E-state index in [1.165, 1.54) is 37.7 Å². The van der Waals surface area contributed by atoms with E-state index in [4.69, 9.17) is 4.42 Å². The van der Waals surface area contributed by atoms with E-state index in [1.807, 2.05) is 6.07 Å². The third kappa shape index (κ3) is 4.11. The van der Waals surface area contributed by atoms with E-state index in [9.17, 15) is 5.11 Å². The fourth-order valence-corrected chi connectivity index (χ4v) is 5.82. The second-order valence-corrected chi connectivity index (χ2v) is 9.89. The third-order valence-electron chi connectivity index (χ3n) is 7.82. The zero-order valence-electron chi connectivity index (χ0n) is 17.8. The highest BCUT2D eigenvalue weighted by atomic mass is 16.3. The van der Waals surface area contributed by atoms with Gasteiger partial charge in [0.1, 0.15) is 0 Å². The minimum Gasteiger partial charge on any atom is -0.472 e. The van der Waals surface area contributed by atoms with Crippen molar-refractivity contribution >= 4 is 0 Å². The van der Waals surface area contributed by atoms with Gasteiger partial charge in [0.15, 0.2) is 0 Å². The number of aliphatic hydroxyl groups is 1. The van der Waals surface area contributed by atoms with Crippen LogP contribution >= 0.6 is 0 Å². The van der Waals surface area contributed by atoms with Crippen molar-refractivity contribution in [1.82, 2.24) is 0 Å². The highest BCUT2D eigenvalue weighted by Gasteiger charge is 2.49. The fraction of sp³-hybridized carbons (Fsp3) is 0.680. The molecule has 5 atom stereocenters. The molecular weight excluding hydrogens is 332 g/mol. The monoisotopic (exact) mass is 370 g/mol. The number of fused-ring (bicyclic) bond motifs is 1. The summed E-state index contributed by atoms with van der Waals surface area (Å²) >= 11 is 0. The largest absolute Gasteiger partial charge is 0.472 e. The Hall–Kier alpha value is -1.28. The van der Waals surface area contributed by atoms with Crippen molar-refractivity contribution < 1.29 is 9.52 Å². The number of furan rings is 1. The lowest BCUT2D eigenvalue weighted by Gasteiger charge is -2.54. The van der Waals surface area contributed by atoms with E-state index in [-0.39, 0.29) is 5.41 Å². The van der Waals surface area contributed by atoms with Crippen LogP contribution in [0.5, 0.6) is 0 Å². The molecule has 3 rings (SSSR count). The topological polar surface area (TPSA) is 33.4 Å². The van der Waals surface area contributed by atoms with Crippen LogP contribution in [0.25, 0.3) is 0 Å². The number of rotatable bonds is 7. The minimum absolute atomic E-state index is 0.163. The van der Waals surface area contributed by atoms with Gasteiger partial charge in [-0.25, -0.2) is 0 Å². The highest BCUT2D eigenvalue weighted by Crippen LogP contribution is 2.60. The summed E-state index contributed by atoms with van der Waals surface area (Å²) in [4.78, 5) is 0. The van der Waals surface area contributed by atoms with Crippen LogP contribution in [-0.2, 0) is 0 Å². The van der Waals surface area contributed by atoms with Crippen LogP contribution in [-0.4, -0.2) is 5.11 Å². The summed E-state index contributed by atoms with van der Waals surface area (Å²) in [6.07, 6.45) is 14.8. The fourth-order valence-electron chi connectivity index (χ4n) is 5.82. The van der Waals surface area contributed by atoms with Crippen molar-refractivity contribution in [3.8, 4) is 0 Å². The molecule has 0 aliphatic heterocycles. The molecule has 1 aromatic rings. The summed E-state index contributed by atoms with van der Waals surface area (Å²) in [7, 11) is 0. The summed E-state index contributed by atoms with van der Waals surface area (Å²) in [6.45, 7) is 13.6. The molecule has 150 valence electrons. The van der Waals surface area contributed by atoms with Gasteiger partial charge in [0, 0.05) is 5.56 Å². The Morgan fingerprint density at radius 3 is 2.81 bits per heavy atom. The SMILES string of the molecule is C=C(C)CCC[C@]1(C)C2=CCC[C@](C)(C[C@@H](O)c3ccoc3)[C@H]2CC[C@H]1C. The van der Waals surface area contributed by atoms with Gasteiger partial charge in [0.25, 0.3) is 0 Å². The third-order valence-corrected chi connectivity index (χ3v) is 7.82. The number of allylic oxidation sites excluding steroid dienone is 3. The molecule has 0 radical (unpaired) electrons. The summed E-state index contributed by atoms with van der Waals surface area (Å²) in [5, 5.41) is 10.8. The molecule has 0 bridgehead atoms. The molecule has 0 amide bonds. The van der Waals surface area contributed by atoms with Gasteiger partial charge in [-0.2, -0.15) is 0 Å². The maximum Gasteiger partial charge on any atom is 0.0960 e. The van der Waals surface area contributed by atoms with Crippen LogP contribution in [0.15, 0.2) is 46.8 Å². The van der Waals surface area contributed by atoms with Gasteiger partial charge in [0.2, 0.25) is 0 Å². The van der Waals surface area contributed by atoms with Crippen LogP contribution < -0.4 is 0 Å². The standard InChI is InChI=1S/C25H38O2/c1-18(2)8-6-14-25(5)19(3)10-11-21-22(25)9-7-13-24(21,4)16-23(26)20-12-15-27-17-20/h9,12,15,17,19,21,23,26H,1,6-8,10-11,13-14,16H2,2-5H3/t19-,21+,23-,24-,25+/m1/s1. The first-order valence-corrected chi connectivity index (χ1v) is 10.8. The van der Waals surface area contributed by atoms with Crippen molar-refractivity contribution in [2.24, 2.45) is 22.7 Å². The molecular formula is C25H38O2. The van der Waals surface area contributed by atoms with E-state index < -0.39 is 6.10 Å². The lowest BCUT2D eigenvalue weighted by Crippen LogP contribution is -2.44. The van der Waals surface area contributed by atoms with E-state index >= 15 is 0 Å². The first kappa shape index (κ1) is 20.5. The van der Waals surface area contributed by atoms with Gasteiger partial charge < -0.3 is 9.52 Å². The molecule has 2 nitrogen and oxygen atoms in total. The first-order chi connectivity index (χ1) is 12.8. The van der Waals surface area contributed by atoms with Crippen LogP contribution in [0.3, 0.4) is 0 Å². The number of aliphatic hydroxyl groups excluding tert-OH is 1. The van der Waals surface area contributed by atoms with Crippen LogP contribution in [0.2, 0.25) is 0 Å². The van der Waals surface area contributed by atoms with Crippen molar-refractivity contribution in [1.29, 1.82) is 0 Å². The van der Waals surface area contributed by atoms with Crippen molar-refractivity contribution in [2.45, 2.75) is 85.2 Å². The van der Waals surface area contributed by atoms with Crippen molar-refractivity contribution in [3.05, 3.63) is 48.0 Å². The Balaban J connectivity index is 1.80. The molecule has 0 unspecified atom stereocenters. The average molecular weight is 371 g/mol. The molecule has 1 saturated carbocycles. The Bertz CT molecular complexity index is 671. The second-order valence-electron chi connectivity index (χ2n) is 9.89. The molecule has 0 saturated heterocycles. The number of hydrogen-bond donors (Lipinski definition) is 1. The Morgan fingerprint density at radius 2 is 2.15 bits per heavy atom. The van der Waals surface area contributed by atoms with E-state index in [0.29, 0.717) is 11.3 Å². The molecule has 2 aliphatic rings. The van der Waals surface area contributed by atoms with E-state index in [2.05, 4.69) is 40.3 Å². The minimum atomic E-state index is -0.429. The second kappa shape index (κ2) is 7.99. The summed E-state index contributed by atoms with van der Waals surface area (Å²) in [6, 6.07) is 1.90. The van der Waals surface area contributed by atoms with Gasteiger partial charge in [0.05, 0.1) is 18.6 Å². The molecule has 0 aromatic carbocycles. The van der Waals surface area contributed by atoms with E-state index in [1.54, 1.807) is 18.1 Å². The summed E-state index contributed by atoms with van der Waals surface area (Å²) in [5.74, 6) is 1.32. The predicted octanol–water partition coefficient (Wildman–Crippen LogP) is 7.23. The molecule has 27 heavy (non-hydrogen) atoms. The maximum atomic E-state index is 10.8. The van der Waals surface area contributed by atoms with Gasteiger partial charge >= 0.3 is 0 Å². The summed E-state index contributed by atoms with van der Waals surface area (Å²) in [5.41, 5.74) is 4.36. The average Bonchev–Trinajstić information content (AvgIpc) is 3.13. The van der Waals surface area contributed by atoms with Crippen molar-refractivity contribution in [3.63, 3.8) is 0 Å². The Kier molecular flexibility index (Phi) is 6.05. The molecule has 1 aromatic heterocycles. The van der Waals surface area contributed by atoms with Crippen LogP contribution in [0.1, 0.15) is 90.7 Å². The van der Waals surface area contributed by atoms with Gasteiger partial charge in [-0.15, -0.1) is 6.58 Å². The lowest BCUT2D eigenvalue weighted by molar-refractivity contribution is 0.0243. The predicted molar refractivity (Wildman–Crippen MR) is 112 cm³/mol. The summed E-state index contributed by atoms with van der Waals surface area (Å²) < 4.78 is 5.20. The smallest absolute Gasteiger partial charge is 0.0960 e. The molecule has 2 aliphatic carbocycles. The van der Waals surface area contributed by atoms with Gasteiger partial charge in [-0.3, -0.25) is 0 Å². The van der Waals surface area contributed by atoms with Gasteiger partial charge in [-0.1, -0.05) is 38.0 Å². The van der Waals surface area contributed by atoms with Gasteiger partial charge in [-0.05, 0) is 87.0 Å². The zero-order valence-corrected chi connectivity index (χ0v) is 17.8. The zero-order chi connectivity index (χ0) is 19.7. The van der Waals surface area contributed by atoms with E-state index in [0.717, 1.165) is 30.7 Å². The normalized spacial score (nSPS) is 34.6. The first-order valence-electron chi connectivity index (χ1n) is 10.8. The maximum absolute atomic E-state index is 10.8. The van der Waals surface area contributed by atoms with Crippen molar-refractivity contribution in [2.75, 3.05) is 0 Å². The molecule has 0 spiro atoms. The Morgan fingerprint density at radius 1 is 1.37 bits per heavy atom. The van der Waals surface area contributed by atoms with Crippen LogP contribution in [0, 0.1) is 22.7 Å². The quantitative estimate of drug-likeness (QED) is 0.514. The molecule has 1 N–H and O–H groups in total. The Labute approximate surface area is 165 Å².